The molecule has 4 nitrogen and oxygen atoms in total. The summed E-state index contributed by atoms with van der Waals surface area (Å²) in [6, 6.07) is 6.03. The zero-order valence-corrected chi connectivity index (χ0v) is 14.5. The van der Waals surface area contributed by atoms with Gasteiger partial charge in [-0.3, -0.25) is 9.59 Å². The van der Waals surface area contributed by atoms with Crippen LogP contribution in [-0.4, -0.2) is 18.4 Å². The molecular weight excluding hydrogens is 276 g/mol. The second-order valence-corrected chi connectivity index (χ2v) is 7.00. The predicted molar refractivity (Wildman–Crippen MR) is 91.0 cm³/mol. The topological polar surface area (TPSA) is 58.2 Å². The van der Waals surface area contributed by atoms with Crippen molar-refractivity contribution >= 4 is 17.5 Å². The predicted octanol–water partition coefficient (Wildman–Crippen LogP) is 3.61. The smallest absolute Gasteiger partial charge is 0.226 e. The van der Waals surface area contributed by atoms with Gasteiger partial charge in [0, 0.05) is 24.1 Å². The van der Waals surface area contributed by atoms with E-state index in [1.807, 2.05) is 45.9 Å². The van der Waals surface area contributed by atoms with E-state index in [0.717, 1.165) is 16.8 Å². The molecule has 1 rings (SSSR count). The summed E-state index contributed by atoms with van der Waals surface area (Å²) in [6.45, 7) is 12.1. The van der Waals surface area contributed by atoms with Gasteiger partial charge in [-0.1, -0.05) is 52.8 Å². The number of hydrogen-bond acceptors (Lipinski definition) is 2. The molecule has 0 fully saturated rings. The van der Waals surface area contributed by atoms with Crippen molar-refractivity contribution in [2.24, 2.45) is 5.41 Å². The number of hydrogen-bond donors (Lipinski definition) is 2. The number of amides is 2. The zero-order valence-electron chi connectivity index (χ0n) is 14.5. The Hall–Kier alpha value is -1.84. The van der Waals surface area contributed by atoms with Gasteiger partial charge in [-0.25, -0.2) is 0 Å². The first kappa shape index (κ1) is 18.2. The summed E-state index contributed by atoms with van der Waals surface area (Å²) in [7, 11) is 0. The first-order valence-corrected chi connectivity index (χ1v) is 7.80. The maximum Gasteiger partial charge on any atom is 0.226 e. The second kappa shape index (κ2) is 7.43. The molecule has 0 saturated heterocycles. The molecule has 1 aromatic rings. The quantitative estimate of drug-likeness (QED) is 0.873. The van der Waals surface area contributed by atoms with Gasteiger partial charge in [-0.15, -0.1) is 0 Å². The van der Waals surface area contributed by atoms with Gasteiger partial charge in [-0.2, -0.15) is 0 Å². The normalized spacial score (nSPS) is 11.4. The van der Waals surface area contributed by atoms with Gasteiger partial charge in [0.15, 0.2) is 0 Å². The lowest BCUT2D eigenvalue weighted by atomic mass is 9.96. The lowest BCUT2D eigenvalue weighted by Crippen LogP contribution is -2.36. The maximum absolute atomic E-state index is 12.1. The van der Waals surface area contributed by atoms with Crippen LogP contribution in [0.3, 0.4) is 0 Å². The van der Waals surface area contributed by atoms with Crippen LogP contribution in [0.4, 0.5) is 5.69 Å². The average molecular weight is 304 g/mol. The Bertz CT molecular complexity index is 543. The Kier molecular flexibility index (Phi) is 6.15. The summed E-state index contributed by atoms with van der Waals surface area (Å²) in [4.78, 5) is 23.9. The highest BCUT2D eigenvalue weighted by atomic mass is 16.2. The number of carbonyl (C=O) groups is 2. The van der Waals surface area contributed by atoms with Gasteiger partial charge < -0.3 is 10.6 Å². The molecule has 2 amide bonds. The van der Waals surface area contributed by atoms with Crippen molar-refractivity contribution in [3.63, 3.8) is 0 Å². The Morgan fingerprint density at radius 1 is 1.18 bits per heavy atom. The van der Waals surface area contributed by atoms with Gasteiger partial charge >= 0.3 is 0 Å². The van der Waals surface area contributed by atoms with Crippen LogP contribution in [0.25, 0.3) is 0 Å². The molecular formula is C18H28N2O2. The highest BCUT2D eigenvalue weighted by Gasteiger charge is 2.20. The van der Waals surface area contributed by atoms with Crippen LogP contribution in [0.15, 0.2) is 18.2 Å². The van der Waals surface area contributed by atoms with E-state index < -0.39 is 5.41 Å². The number of carbonyl (C=O) groups excluding carboxylic acids is 2. The number of nitrogens with one attached hydrogen (secondary N) is 2. The summed E-state index contributed by atoms with van der Waals surface area (Å²) in [6.07, 6.45) is 0.272. The van der Waals surface area contributed by atoms with Crippen LogP contribution in [0.1, 0.15) is 58.1 Å². The summed E-state index contributed by atoms with van der Waals surface area (Å²) in [5.41, 5.74) is 2.65. The first-order chi connectivity index (χ1) is 10.1. The van der Waals surface area contributed by atoms with Gasteiger partial charge in [0.1, 0.15) is 0 Å². The standard InChI is InChI=1S/C18H28N2O2/c1-12(2)14-9-7-8-13(3)16(14)20-15(21)10-11-19-17(22)18(4,5)6/h7-9,12H,10-11H2,1-6H3,(H,19,22)(H,20,21). The van der Waals surface area contributed by atoms with E-state index in [9.17, 15) is 9.59 Å². The van der Waals surface area contributed by atoms with Crippen molar-refractivity contribution in [3.05, 3.63) is 29.3 Å². The minimum Gasteiger partial charge on any atom is -0.355 e. The third kappa shape index (κ3) is 5.17. The largest absolute Gasteiger partial charge is 0.355 e. The van der Waals surface area contributed by atoms with E-state index in [2.05, 4.69) is 24.5 Å². The summed E-state index contributed by atoms with van der Waals surface area (Å²) >= 11 is 0. The van der Waals surface area contributed by atoms with Crippen LogP contribution in [0.5, 0.6) is 0 Å². The molecule has 1 aromatic carbocycles. The molecule has 0 aromatic heterocycles. The number of rotatable bonds is 5. The Morgan fingerprint density at radius 3 is 2.36 bits per heavy atom. The number of para-hydroxylation sites is 1. The fourth-order valence-electron chi connectivity index (χ4n) is 2.10. The first-order valence-electron chi connectivity index (χ1n) is 7.80. The third-order valence-electron chi connectivity index (χ3n) is 3.51. The molecule has 0 aliphatic carbocycles. The summed E-state index contributed by atoms with van der Waals surface area (Å²) in [5, 5.41) is 5.77. The highest BCUT2D eigenvalue weighted by molar-refractivity contribution is 5.93. The second-order valence-electron chi connectivity index (χ2n) is 7.00. The minimum atomic E-state index is -0.433. The van der Waals surface area contributed by atoms with Gasteiger partial charge in [0.2, 0.25) is 11.8 Å². The van der Waals surface area contributed by atoms with E-state index in [-0.39, 0.29) is 18.2 Å². The lowest BCUT2D eigenvalue weighted by Gasteiger charge is -2.18. The van der Waals surface area contributed by atoms with E-state index in [1.54, 1.807) is 0 Å². The number of aryl methyl sites for hydroxylation is 1. The SMILES string of the molecule is Cc1cccc(C(C)C)c1NC(=O)CCNC(=O)C(C)(C)C. The number of anilines is 1. The maximum atomic E-state index is 12.1. The van der Waals surface area contributed by atoms with Crippen LogP contribution in [-0.2, 0) is 9.59 Å². The highest BCUT2D eigenvalue weighted by Crippen LogP contribution is 2.27. The molecule has 22 heavy (non-hydrogen) atoms. The van der Waals surface area contributed by atoms with E-state index >= 15 is 0 Å². The van der Waals surface area contributed by atoms with Crippen molar-refractivity contribution in [1.29, 1.82) is 0 Å². The van der Waals surface area contributed by atoms with Gasteiger partial charge in [0.05, 0.1) is 0 Å². The van der Waals surface area contributed by atoms with Crippen LogP contribution in [0.2, 0.25) is 0 Å². The van der Waals surface area contributed by atoms with Crippen molar-refractivity contribution in [2.75, 3.05) is 11.9 Å². The van der Waals surface area contributed by atoms with Crippen LogP contribution in [0, 0.1) is 12.3 Å². The van der Waals surface area contributed by atoms with E-state index in [1.165, 1.54) is 0 Å². The molecule has 0 aliphatic heterocycles. The summed E-state index contributed by atoms with van der Waals surface area (Å²) < 4.78 is 0. The molecule has 4 heteroatoms. The Balaban J connectivity index is 2.62. The van der Waals surface area contributed by atoms with Crippen molar-refractivity contribution in [3.8, 4) is 0 Å². The molecule has 0 heterocycles. The molecule has 0 spiro atoms. The molecule has 0 radical (unpaired) electrons. The van der Waals surface area contributed by atoms with E-state index in [0.29, 0.717) is 12.5 Å². The third-order valence-corrected chi connectivity index (χ3v) is 3.51. The minimum absolute atomic E-state index is 0.0425. The van der Waals surface area contributed by atoms with Crippen molar-refractivity contribution in [1.82, 2.24) is 5.32 Å². The molecule has 0 bridgehead atoms. The fourth-order valence-corrected chi connectivity index (χ4v) is 2.10. The molecule has 122 valence electrons. The van der Waals surface area contributed by atoms with Gasteiger partial charge in [0.25, 0.3) is 0 Å². The fraction of sp³-hybridized carbons (Fsp3) is 0.556. The van der Waals surface area contributed by atoms with Crippen LogP contribution >= 0.6 is 0 Å². The van der Waals surface area contributed by atoms with Crippen molar-refractivity contribution in [2.45, 2.75) is 53.9 Å². The lowest BCUT2D eigenvalue weighted by molar-refractivity contribution is -0.128. The average Bonchev–Trinajstić information content (AvgIpc) is 2.39. The zero-order chi connectivity index (χ0) is 16.9. The molecule has 2 N–H and O–H groups in total. The molecule has 0 aliphatic rings. The number of benzene rings is 1. The monoisotopic (exact) mass is 304 g/mol. The molecule has 0 unspecified atom stereocenters. The van der Waals surface area contributed by atoms with Crippen molar-refractivity contribution < 1.29 is 9.59 Å². The van der Waals surface area contributed by atoms with Crippen LogP contribution < -0.4 is 10.6 Å². The Morgan fingerprint density at radius 2 is 1.82 bits per heavy atom. The Labute approximate surface area is 133 Å². The van der Waals surface area contributed by atoms with Gasteiger partial charge in [-0.05, 0) is 24.0 Å². The van der Waals surface area contributed by atoms with E-state index in [4.69, 9.17) is 0 Å². The molecule has 0 saturated carbocycles. The molecule has 0 atom stereocenters. The summed E-state index contributed by atoms with van der Waals surface area (Å²) in [5.74, 6) is 0.222.